The Morgan fingerprint density at radius 1 is 1.21 bits per heavy atom. The van der Waals surface area contributed by atoms with E-state index in [0.29, 0.717) is 19.1 Å². The second kappa shape index (κ2) is 6.71. The summed E-state index contributed by atoms with van der Waals surface area (Å²) in [6, 6.07) is 6.96. The average Bonchev–Trinajstić information content (AvgIpc) is 2.42. The van der Waals surface area contributed by atoms with Gasteiger partial charge in [0.15, 0.2) is 0 Å². The number of carbonyl (C=O) groups is 1. The maximum Gasteiger partial charge on any atom is 0.234 e. The number of carbonyl (C=O) groups excluding carboxylic acids is 1. The number of benzene rings is 1. The van der Waals surface area contributed by atoms with Gasteiger partial charge in [0.1, 0.15) is 0 Å². The van der Waals surface area contributed by atoms with E-state index in [1.807, 2.05) is 13.8 Å². The van der Waals surface area contributed by atoms with Crippen LogP contribution >= 0.6 is 0 Å². The number of hydrogen-bond donors (Lipinski definition) is 2. The summed E-state index contributed by atoms with van der Waals surface area (Å²) < 4.78 is 0. The van der Waals surface area contributed by atoms with E-state index in [2.05, 4.69) is 28.8 Å². The summed E-state index contributed by atoms with van der Waals surface area (Å²) in [6.45, 7) is 5.10. The second-order valence-corrected chi connectivity index (χ2v) is 5.62. The Balaban J connectivity index is 1.84. The van der Waals surface area contributed by atoms with Crippen LogP contribution in [0.15, 0.2) is 18.2 Å². The first kappa shape index (κ1) is 14.1. The van der Waals surface area contributed by atoms with Crippen LogP contribution < -0.4 is 10.6 Å². The van der Waals surface area contributed by atoms with E-state index in [4.69, 9.17) is 0 Å². The summed E-state index contributed by atoms with van der Waals surface area (Å²) in [5, 5.41) is 6.08. The van der Waals surface area contributed by atoms with Gasteiger partial charge in [0.2, 0.25) is 5.91 Å². The van der Waals surface area contributed by atoms with Crippen LogP contribution in [0.3, 0.4) is 0 Å². The van der Waals surface area contributed by atoms with Crippen LogP contribution in [-0.2, 0) is 24.2 Å². The Bertz CT molecular complexity index is 440. The molecule has 1 aliphatic carbocycles. The smallest absolute Gasteiger partial charge is 0.234 e. The minimum atomic E-state index is 0.0615. The molecule has 2 N–H and O–H groups in total. The molecule has 0 fully saturated rings. The van der Waals surface area contributed by atoms with E-state index < -0.39 is 0 Å². The Morgan fingerprint density at radius 3 is 2.68 bits per heavy atom. The summed E-state index contributed by atoms with van der Waals surface area (Å²) in [4.78, 5) is 11.6. The lowest BCUT2D eigenvalue weighted by molar-refractivity contribution is -0.120. The van der Waals surface area contributed by atoms with Gasteiger partial charge in [-0.1, -0.05) is 32.0 Å². The number of hydrogen-bond acceptors (Lipinski definition) is 2. The number of rotatable bonds is 5. The highest BCUT2D eigenvalue weighted by molar-refractivity contribution is 5.78. The van der Waals surface area contributed by atoms with Crippen molar-refractivity contribution in [1.29, 1.82) is 0 Å². The van der Waals surface area contributed by atoms with Gasteiger partial charge in [0.05, 0.1) is 6.54 Å². The first-order valence-corrected chi connectivity index (χ1v) is 7.26. The zero-order valence-corrected chi connectivity index (χ0v) is 12.0. The van der Waals surface area contributed by atoms with Crippen molar-refractivity contribution in [2.45, 2.75) is 52.1 Å². The zero-order chi connectivity index (χ0) is 13.7. The maximum atomic E-state index is 11.6. The highest BCUT2D eigenvalue weighted by Crippen LogP contribution is 2.22. The molecule has 104 valence electrons. The molecule has 0 atom stereocenters. The SMILES string of the molecule is CC(C)NCC(=O)NCc1ccc2c(c1)CCCC2. The van der Waals surface area contributed by atoms with Crippen LogP contribution in [0.4, 0.5) is 0 Å². The number of amides is 1. The fraction of sp³-hybridized carbons (Fsp3) is 0.562. The van der Waals surface area contributed by atoms with Crippen LogP contribution in [0.1, 0.15) is 43.4 Å². The molecule has 0 heterocycles. The molecule has 1 aromatic carbocycles. The van der Waals surface area contributed by atoms with E-state index in [1.165, 1.54) is 42.4 Å². The van der Waals surface area contributed by atoms with Crippen LogP contribution in [-0.4, -0.2) is 18.5 Å². The Hall–Kier alpha value is -1.35. The molecule has 3 nitrogen and oxygen atoms in total. The Labute approximate surface area is 115 Å². The summed E-state index contributed by atoms with van der Waals surface area (Å²) in [7, 11) is 0. The quantitative estimate of drug-likeness (QED) is 0.852. The molecule has 19 heavy (non-hydrogen) atoms. The second-order valence-electron chi connectivity index (χ2n) is 5.62. The molecule has 3 heteroatoms. The van der Waals surface area contributed by atoms with Gasteiger partial charge in [0.25, 0.3) is 0 Å². The van der Waals surface area contributed by atoms with Crippen molar-refractivity contribution < 1.29 is 4.79 Å². The van der Waals surface area contributed by atoms with Crippen molar-refractivity contribution in [2.24, 2.45) is 0 Å². The monoisotopic (exact) mass is 260 g/mol. The highest BCUT2D eigenvalue weighted by Gasteiger charge is 2.09. The predicted octanol–water partition coefficient (Wildman–Crippen LogP) is 2.18. The van der Waals surface area contributed by atoms with Gasteiger partial charge in [0, 0.05) is 12.6 Å². The van der Waals surface area contributed by atoms with Crippen molar-refractivity contribution in [1.82, 2.24) is 10.6 Å². The van der Waals surface area contributed by atoms with Gasteiger partial charge in [-0.2, -0.15) is 0 Å². The molecule has 1 aliphatic rings. The molecular formula is C16H24N2O. The molecule has 0 bridgehead atoms. The fourth-order valence-electron chi connectivity index (χ4n) is 2.46. The topological polar surface area (TPSA) is 41.1 Å². The molecular weight excluding hydrogens is 236 g/mol. The third kappa shape index (κ3) is 4.35. The van der Waals surface area contributed by atoms with Gasteiger partial charge in [-0.05, 0) is 42.4 Å². The summed E-state index contributed by atoms with van der Waals surface area (Å²) in [5.41, 5.74) is 4.17. The summed E-state index contributed by atoms with van der Waals surface area (Å²) >= 11 is 0. The van der Waals surface area contributed by atoms with Crippen molar-refractivity contribution >= 4 is 5.91 Å². The van der Waals surface area contributed by atoms with E-state index in [-0.39, 0.29) is 5.91 Å². The molecule has 1 aromatic rings. The Kier molecular flexibility index (Phi) is 4.97. The molecule has 0 aliphatic heterocycles. The molecule has 0 aromatic heterocycles. The number of aryl methyl sites for hydroxylation is 2. The standard InChI is InChI=1S/C16H24N2O/c1-12(2)17-11-16(19)18-10-13-7-8-14-5-3-4-6-15(14)9-13/h7-9,12,17H,3-6,10-11H2,1-2H3,(H,18,19). The molecule has 0 saturated carbocycles. The summed E-state index contributed by atoms with van der Waals surface area (Å²) in [5.74, 6) is 0.0615. The van der Waals surface area contributed by atoms with Crippen molar-refractivity contribution in [2.75, 3.05) is 6.54 Å². The molecule has 2 rings (SSSR count). The minimum Gasteiger partial charge on any atom is -0.351 e. The Morgan fingerprint density at radius 2 is 1.95 bits per heavy atom. The molecule has 0 unspecified atom stereocenters. The van der Waals surface area contributed by atoms with Crippen molar-refractivity contribution in [3.63, 3.8) is 0 Å². The lowest BCUT2D eigenvalue weighted by atomic mass is 9.90. The number of fused-ring (bicyclic) bond motifs is 1. The predicted molar refractivity (Wildman–Crippen MR) is 78.1 cm³/mol. The average molecular weight is 260 g/mol. The molecule has 0 radical (unpaired) electrons. The third-order valence-electron chi connectivity index (χ3n) is 3.57. The lowest BCUT2D eigenvalue weighted by Crippen LogP contribution is -2.36. The largest absolute Gasteiger partial charge is 0.351 e. The first-order valence-electron chi connectivity index (χ1n) is 7.26. The van der Waals surface area contributed by atoms with Crippen molar-refractivity contribution in [3.05, 3.63) is 34.9 Å². The van der Waals surface area contributed by atoms with E-state index in [9.17, 15) is 4.79 Å². The van der Waals surface area contributed by atoms with Gasteiger partial charge in [-0.3, -0.25) is 4.79 Å². The molecule has 0 saturated heterocycles. The third-order valence-corrected chi connectivity index (χ3v) is 3.57. The fourth-order valence-corrected chi connectivity index (χ4v) is 2.46. The lowest BCUT2D eigenvalue weighted by Gasteiger charge is -2.17. The van der Waals surface area contributed by atoms with Crippen molar-refractivity contribution in [3.8, 4) is 0 Å². The van der Waals surface area contributed by atoms with Gasteiger partial charge in [-0.25, -0.2) is 0 Å². The van der Waals surface area contributed by atoms with Crippen LogP contribution in [0.5, 0.6) is 0 Å². The zero-order valence-electron chi connectivity index (χ0n) is 12.0. The van der Waals surface area contributed by atoms with Gasteiger partial charge < -0.3 is 10.6 Å². The van der Waals surface area contributed by atoms with Gasteiger partial charge >= 0.3 is 0 Å². The van der Waals surface area contributed by atoms with Crippen LogP contribution in [0.25, 0.3) is 0 Å². The van der Waals surface area contributed by atoms with E-state index in [0.717, 1.165) is 0 Å². The maximum absolute atomic E-state index is 11.6. The van der Waals surface area contributed by atoms with E-state index in [1.54, 1.807) is 0 Å². The number of nitrogens with one attached hydrogen (secondary N) is 2. The van der Waals surface area contributed by atoms with Crippen LogP contribution in [0, 0.1) is 0 Å². The summed E-state index contributed by atoms with van der Waals surface area (Å²) in [6.07, 6.45) is 5.00. The highest BCUT2D eigenvalue weighted by atomic mass is 16.1. The van der Waals surface area contributed by atoms with Gasteiger partial charge in [-0.15, -0.1) is 0 Å². The molecule has 1 amide bonds. The van der Waals surface area contributed by atoms with E-state index >= 15 is 0 Å². The minimum absolute atomic E-state index is 0.0615. The molecule has 0 spiro atoms. The first-order chi connectivity index (χ1) is 9.15. The van der Waals surface area contributed by atoms with Crippen LogP contribution in [0.2, 0.25) is 0 Å². The normalized spacial score (nSPS) is 14.3.